The first-order valence-electron chi connectivity index (χ1n) is 5.81. The van der Waals surface area contributed by atoms with Crippen molar-refractivity contribution in [2.45, 2.75) is 57.5 Å². The van der Waals surface area contributed by atoms with Gasteiger partial charge in [-0.15, -0.1) is 0 Å². The predicted molar refractivity (Wildman–Crippen MR) is 55.5 cm³/mol. The van der Waals surface area contributed by atoms with Gasteiger partial charge in [0.1, 0.15) is 0 Å². The second-order valence-electron chi connectivity index (χ2n) is 4.26. The van der Waals surface area contributed by atoms with Gasteiger partial charge in [0.05, 0.1) is 12.0 Å². The Bertz CT molecular complexity index is 311. The van der Waals surface area contributed by atoms with E-state index in [1.807, 2.05) is 0 Å². The minimum absolute atomic E-state index is 0.0665. The zero-order valence-corrected chi connectivity index (χ0v) is 9.15. The number of rotatable bonds is 3. The molecule has 0 aromatic carbocycles. The molecule has 1 aromatic heterocycles. The predicted octanol–water partition coefficient (Wildman–Crippen LogP) is 2.04. The second kappa shape index (κ2) is 4.75. The summed E-state index contributed by atoms with van der Waals surface area (Å²) in [6.07, 6.45) is 5.65. The van der Waals surface area contributed by atoms with Gasteiger partial charge in [-0.25, -0.2) is 0 Å². The van der Waals surface area contributed by atoms with E-state index in [9.17, 15) is 5.11 Å². The van der Waals surface area contributed by atoms with Crippen molar-refractivity contribution in [1.29, 1.82) is 0 Å². The van der Waals surface area contributed by atoms with Gasteiger partial charge in [-0.2, -0.15) is 4.98 Å². The molecule has 2 atom stereocenters. The smallest absolute Gasteiger partial charge is 0.232 e. The monoisotopic (exact) mass is 210 g/mol. The minimum atomic E-state index is -0.298. The highest BCUT2D eigenvalue weighted by molar-refractivity contribution is 4.99. The van der Waals surface area contributed by atoms with Crippen molar-refractivity contribution in [3.8, 4) is 0 Å². The number of nitrogens with zero attached hydrogens (tertiary/aromatic N) is 2. The van der Waals surface area contributed by atoms with Crippen molar-refractivity contribution >= 4 is 0 Å². The molecule has 2 unspecified atom stereocenters. The molecule has 4 heteroatoms. The summed E-state index contributed by atoms with van der Waals surface area (Å²) in [7, 11) is 0. The summed E-state index contributed by atoms with van der Waals surface area (Å²) < 4.78 is 5.21. The fourth-order valence-electron chi connectivity index (χ4n) is 2.14. The van der Waals surface area contributed by atoms with Crippen LogP contribution in [0.25, 0.3) is 0 Å². The third-order valence-electron chi connectivity index (χ3n) is 3.00. The van der Waals surface area contributed by atoms with Gasteiger partial charge in [0.15, 0.2) is 5.82 Å². The summed E-state index contributed by atoms with van der Waals surface area (Å²) in [6.45, 7) is 2.09. The van der Waals surface area contributed by atoms with Crippen molar-refractivity contribution in [3.63, 3.8) is 0 Å². The van der Waals surface area contributed by atoms with Crippen LogP contribution in [0, 0.1) is 0 Å². The Kier molecular flexibility index (Phi) is 3.36. The summed E-state index contributed by atoms with van der Waals surface area (Å²) >= 11 is 0. The molecule has 1 fully saturated rings. The summed E-state index contributed by atoms with van der Waals surface area (Å²) in [5.74, 6) is 1.47. The first-order chi connectivity index (χ1) is 7.31. The van der Waals surface area contributed by atoms with Crippen molar-refractivity contribution in [2.75, 3.05) is 0 Å². The molecule has 1 aliphatic rings. The number of aryl methyl sites for hydroxylation is 1. The molecule has 0 saturated heterocycles. The standard InChI is InChI=1S/C11H18N2O2/c1-2-5-10-12-11(15-13-10)8-6-3-4-7-9(8)14/h8-9,14H,2-7H2,1H3. The molecule has 0 spiro atoms. The number of hydrogen-bond acceptors (Lipinski definition) is 4. The lowest BCUT2D eigenvalue weighted by molar-refractivity contribution is 0.0908. The molecule has 1 saturated carbocycles. The van der Waals surface area contributed by atoms with Crippen molar-refractivity contribution in [1.82, 2.24) is 10.1 Å². The molecule has 1 N–H and O–H groups in total. The number of aliphatic hydroxyl groups is 1. The fraction of sp³-hybridized carbons (Fsp3) is 0.818. The maximum atomic E-state index is 9.83. The van der Waals surface area contributed by atoms with E-state index in [2.05, 4.69) is 17.1 Å². The van der Waals surface area contributed by atoms with Crippen LogP contribution < -0.4 is 0 Å². The first-order valence-corrected chi connectivity index (χ1v) is 5.81. The van der Waals surface area contributed by atoms with Gasteiger partial charge in [0, 0.05) is 6.42 Å². The SMILES string of the molecule is CCCc1noc(C2CCCCC2O)n1. The molecule has 0 radical (unpaired) electrons. The van der Waals surface area contributed by atoms with E-state index >= 15 is 0 Å². The zero-order valence-electron chi connectivity index (χ0n) is 9.15. The summed E-state index contributed by atoms with van der Waals surface area (Å²) in [5.41, 5.74) is 0. The van der Waals surface area contributed by atoms with E-state index in [-0.39, 0.29) is 12.0 Å². The Morgan fingerprint density at radius 1 is 1.40 bits per heavy atom. The van der Waals surface area contributed by atoms with E-state index in [1.165, 1.54) is 0 Å². The van der Waals surface area contributed by atoms with Gasteiger partial charge in [-0.1, -0.05) is 24.9 Å². The van der Waals surface area contributed by atoms with Crippen molar-refractivity contribution in [2.24, 2.45) is 0 Å². The van der Waals surface area contributed by atoms with Gasteiger partial charge in [-0.05, 0) is 19.3 Å². The lowest BCUT2D eigenvalue weighted by atomic mass is 9.86. The van der Waals surface area contributed by atoms with E-state index < -0.39 is 0 Å². The first kappa shape index (κ1) is 10.6. The zero-order chi connectivity index (χ0) is 10.7. The Morgan fingerprint density at radius 3 is 2.93 bits per heavy atom. The van der Waals surface area contributed by atoms with E-state index in [0.717, 1.165) is 44.3 Å². The lowest BCUT2D eigenvalue weighted by Gasteiger charge is -2.24. The Hall–Kier alpha value is -0.900. The quantitative estimate of drug-likeness (QED) is 0.829. The second-order valence-corrected chi connectivity index (χ2v) is 4.26. The van der Waals surface area contributed by atoms with E-state index in [1.54, 1.807) is 0 Å². The van der Waals surface area contributed by atoms with E-state index in [0.29, 0.717) is 5.89 Å². The highest BCUT2D eigenvalue weighted by Gasteiger charge is 2.29. The largest absolute Gasteiger partial charge is 0.392 e. The molecule has 0 aliphatic heterocycles. The number of hydrogen-bond donors (Lipinski definition) is 1. The lowest BCUT2D eigenvalue weighted by Crippen LogP contribution is -2.22. The van der Waals surface area contributed by atoms with Gasteiger partial charge >= 0.3 is 0 Å². The highest BCUT2D eigenvalue weighted by atomic mass is 16.5. The van der Waals surface area contributed by atoms with Crippen molar-refractivity contribution in [3.05, 3.63) is 11.7 Å². The molecular formula is C11H18N2O2. The average molecular weight is 210 g/mol. The van der Waals surface area contributed by atoms with Gasteiger partial charge in [-0.3, -0.25) is 0 Å². The molecule has 0 bridgehead atoms. The summed E-state index contributed by atoms with van der Waals surface area (Å²) in [5, 5.41) is 13.8. The molecular weight excluding hydrogens is 192 g/mol. The van der Waals surface area contributed by atoms with Crippen molar-refractivity contribution < 1.29 is 9.63 Å². The van der Waals surface area contributed by atoms with Crippen LogP contribution in [0.5, 0.6) is 0 Å². The average Bonchev–Trinajstić information content (AvgIpc) is 2.68. The van der Waals surface area contributed by atoms with Crippen LogP contribution in [-0.2, 0) is 6.42 Å². The number of aromatic nitrogens is 2. The molecule has 4 nitrogen and oxygen atoms in total. The van der Waals surface area contributed by atoms with Gasteiger partial charge < -0.3 is 9.63 Å². The topological polar surface area (TPSA) is 59.2 Å². The van der Waals surface area contributed by atoms with Gasteiger partial charge in [0.2, 0.25) is 5.89 Å². The minimum Gasteiger partial charge on any atom is -0.392 e. The highest BCUT2D eigenvalue weighted by Crippen LogP contribution is 2.31. The van der Waals surface area contributed by atoms with Gasteiger partial charge in [0.25, 0.3) is 0 Å². The Morgan fingerprint density at radius 2 is 2.20 bits per heavy atom. The fourth-order valence-corrected chi connectivity index (χ4v) is 2.14. The third-order valence-corrected chi connectivity index (χ3v) is 3.00. The van der Waals surface area contributed by atoms with Crippen LogP contribution in [0.3, 0.4) is 0 Å². The van der Waals surface area contributed by atoms with Crippen LogP contribution in [-0.4, -0.2) is 21.4 Å². The summed E-state index contributed by atoms with van der Waals surface area (Å²) in [6, 6.07) is 0. The Balaban J connectivity index is 2.06. The van der Waals surface area contributed by atoms with Crippen LogP contribution >= 0.6 is 0 Å². The third kappa shape index (κ3) is 2.37. The molecule has 1 heterocycles. The van der Waals surface area contributed by atoms with E-state index in [4.69, 9.17) is 4.52 Å². The Labute approximate surface area is 89.7 Å². The molecule has 84 valence electrons. The van der Waals surface area contributed by atoms with Crippen LogP contribution in [0.2, 0.25) is 0 Å². The molecule has 1 aromatic rings. The maximum Gasteiger partial charge on any atom is 0.232 e. The normalized spacial score (nSPS) is 26.8. The molecule has 1 aliphatic carbocycles. The summed E-state index contributed by atoms with van der Waals surface area (Å²) in [4.78, 5) is 4.34. The maximum absolute atomic E-state index is 9.83. The molecule has 0 amide bonds. The van der Waals surface area contributed by atoms with Crippen LogP contribution in [0.1, 0.15) is 56.7 Å². The molecule has 2 rings (SSSR count). The molecule has 15 heavy (non-hydrogen) atoms. The number of aliphatic hydroxyl groups excluding tert-OH is 1. The van der Waals surface area contributed by atoms with Crippen LogP contribution in [0.15, 0.2) is 4.52 Å². The van der Waals surface area contributed by atoms with Crippen LogP contribution in [0.4, 0.5) is 0 Å².